The van der Waals surface area contributed by atoms with Gasteiger partial charge in [-0.3, -0.25) is 4.79 Å². The molecule has 2 aromatic rings. The molecule has 0 fully saturated rings. The molecule has 4 aliphatic carbocycles. The van der Waals surface area contributed by atoms with E-state index >= 15 is 0 Å². The number of anilines is 1. The van der Waals surface area contributed by atoms with E-state index in [-0.39, 0.29) is 42.5 Å². The maximum atomic E-state index is 14.7. The fraction of sp³-hybridized carbons (Fsp3) is 0.278. The van der Waals surface area contributed by atoms with Crippen molar-refractivity contribution in [3.05, 3.63) is 64.7 Å². The Balaban J connectivity index is 2.36. The number of alkyl halides is 11. The van der Waals surface area contributed by atoms with Gasteiger partial charge in [0.05, 0.1) is 11.3 Å². The van der Waals surface area contributed by atoms with Gasteiger partial charge in [-0.15, -0.1) is 0 Å². The van der Waals surface area contributed by atoms with Crippen LogP contribution in [0.4, 0.5) is 54.0 Å². The molecule has 0 atom stereocenters. The van der Waals surface area contributed by atoms with Gasteiger partial charge in [-0.25, -0.2) is 0 Å². The third-order valence-electron chi connectivity index (χ3n) is 4.62. The van der Waals surface area contributed by atoms with Crippen molar-refractivity contribution in [2.75, 3.05) is 5.32 Å². The Hall–Kier alpha value is -2.86. The topological polar surface area (TPSA) is 29.1 Å². The summed E-state index contributed by atoms with van der Waals surface area (Å²) in [5.74, 6) is -23.7. The van der Waals surface area contributed by atoms with Crippen molar-refractivity contribution in [1.29, 1.82) is 0 Å². The molecule has 0 saturated carbocycles. The quantitative estimate of drug-likeness (QED) is 0.497. The number of carbonyl (C=O) groups excluding carboxylic acids is 1. The van der Waals surface area contributed by atoms with Crippen molar-refractivity contribution in [3.8, 4) is 0 Å². The number of carbonyl (C=O) groups is 1. The lowest BCUT2D eigenvalue weighted by Crippen LogP contribution is -2.40. The molecule has 0 unspecified atom stereocenters. The van der Waals surface area contributed by atoms with E-state index in [1.807, 2.05) is 0 Å². The summed E-state index contributed by atoms with van der Waals surface area (Å²) in [4.78, 5) is 11.1. The molecule has 1 N–H and O–H groups in total. The predicted molar refractivity (Wildman–Crippen MR) is 83.1 cm³/mol. The monoisotopic (exact) mass is 463 g/mol. The van der Waals surface area contributed by atoms with Crippen LogP contribution in [-0.2, 0) is 28.5 Å². The third-order valence-corrected chi connectivity index (χ3v) is 4.62. The number of nitrogens with one attached hydrogen (secondary N) is 1. The summed E-state index contributed by atoms with van der Waals surface area (Å²) >= 11 is 0. The molecule has 0 aromatic heterocycles. The van der Waals surface area contributed by atoms with Crippen molar-refractivity contribution in [1.82, 2.24) is 0 Å². The Morgan fingerprint density at radius 2 is 1.03 bits per heavy atom. The lowest BCUT2D eigenvalue weighted by Gasteiger charge is -2.32. The normalized spacial score (nSPS) is 20.6. The maximum Gasteiger partial charge on any atom is 0.471 e. The second-order valence-corrected chi connectivity index (χ2v) is 6.59. The van der Waals surface area contributed by atoms with Crippen LogP contribution in [0.5, 0.6) is 0 Å². The Bertz CT molecular complexity index is 1030. The first kappa shape index (κ1) is 22.8. The second-order valence-electron chi connectivity index (χ2n) is 6.59. The molecule has 2 nitrogen and oxygen atoms in total. The molecule has 31 heavy (non-hydrogen) atoms. The summed E-state index contributed by atoms with van der Waals surface area (Å²) in [6.45, 7) is 0. The van der Waals surface area contributed by atoms with E-state index in [1.165, 1.54) is 0 Å². The number of amides is 1. The molecule has 4 aliphatic rings. The number of rotatable bonds is 1. The first-order chi connectivity index (χ1) is 13.9. The summed E-state index contributed by atoms with van der Waals surface area (Å²) in [5, 5.41) is 0.789. The average molecular weight is 463 g/mol. The number of hydrogen-bond acceptors (Lipinski definition) is 1. The van der Waals surface area contributed by atoms with Crippen LogP contribution in [0.2, 0.25) is 0 Å². The second kappa shape index (κ2) is 6.57. The Labute approximate surface area is 165 Å². The van der Waals surface area contributed by atoms with E-state index in [9.17, 15) is 53.1 Å². The van der Waals surface area contributed by atoms with Gasteiger partial charge in [0.15, 0.2) is 0 Å². The van der Waals surface area contributed by atoms with Crippen LogP contribution in [-0.4, -0.2) is 12.1 Å². The van der Waals surface area contributed by atoms with Crippen LogP contribution in [0.15, 0.2) is 42.5 Å². The van der Waals surface area contributed by atoms with E-state index in [0.717, 1.165) is 5.32 Å². The summed E-state index contributed by atoms with van der Waals surface area (Å²) in [6.07, 6.45) is -5.72. The summed E-state index contributed by atoms with van der Waals surface area (Å²) in [5.41, 5.74) is -8.68. The Morgan fingerprint density at radius 3 is 1.48 bits per heavy atom. The van der Waals surface area contributed by atoms with Crippen LogP contribution in [0.1, 0.15) is 22.3 Å². The van der Waals surface area contributed by atoms with Crippen molar-refractivity contribution in [3.63, 3.8) is 0 Å². The van der Waals surface area contributed by atoms with Crippen molar-refractivity contribution < 1.29 is 53.1 Å². The zero-order chi connectivity index (χ0) is 23.6. The van der Waals surface area contributed by atoms with Crippen molar-refractivity contribution in [2.45, 2.75) is 29.9 Å². The minimum Gasteiger partial charge on any atom is -0.318 e. The van der Waals surface area contributed by atoms with Gasteiger partial charge in [-0.1, -0.05) is 36.4 Å². The molecule has 0 heterocycles. The Kier molecular flexibility index (Phi) is 4.83. The van der Waals surface area contributed by atoms with Crippen LogP contribution in [0.3, 0.4) is 0 Å². The molecular formula is C18H8F11NO. The van der Waals surface area contributed by atoms with Crippen molar-refractivity contribution in [2.24, 2.45) is 0 Å². The Morgan fingerprint density at radius 1 is 0.645 bits per heavy atom. The standard InChI is InChI=1S/C18H8F11NO/c19-14(20)8-1-3-9(4-2-8)15(21,22)17(25,26)11-6-5-10(16(14,23)24)7-12(11)30-13(31)18(27,28)29/h1-7H,(H,30,31). The highest BCUT2D eigenvalue weighted by molar-refractivity contribution is 5.95. The zero-order valence-electron chi connectivity index (χ0n) is 14.6. The van der Waals surface area contributed by atoms with Crippen molar-refractivity contribution >= 4 is 11.6 Å². The van der Waals surface area contributed by atoms with E-state index in [0.29, 0.717) is 0 Å². The van der Waals surface area contributed by atoms with E-state index in [1.54, 1.807) is 0 Å². The van der Waals surface area contributed by atoms with Crippen LogP contribution in [0, 0.1) is 0 Å². The third kappa shape index (κ3) is 3.30. The van der Waals surface area contributed by atoms with Gasteiger partial charge in [-0.05, 0) is 6.07 Å². The van der Waals surface area contributed by atoms with Gasteiger partial charge in [0.25, 0.3) is 0 Å². The molecule has 1 amide bonds. The average Bonchev–Trinajstić information content (AvgIpc) is 2.66. The number of benzene rings is 2. The van der Waals surface area contributed by atoms with E-state index < -0.39 is 63.7 Å². The van der Waals surface area contributed by atoms with Crippen LogP contribution >= 0.6 is 0 Å². The lowest BCUT2D eigenvalue weighted by atomic mass is 9.88. The van der Waals surface area contributed by atoms with Crippen LogP contribution in [0.25, 0.3) is 0 Å². The molecule has 13 heteroatoms. The smallest absolute Gasteiger partial charge is 0.318 e. The van der Waals surface area contributed by atoms with Gasteiger partial charge in [-0.2, -0.15) is 48.3 Å². The fourth-order valence-corrected chi connectivity index (χ4v) is 2.91. The molecule has 0 saturated heterocycles. The molecule has 2 aromatic carbocycles. The number of halogens is 11. The maximum absolute atomic E-state index is 14.7. The first-order valence-corrected chi connectivity index (χ1v) is 8.09. The minimum absolute atomic E-state index is 0.0512. The molecule has 4 bridgehead atoms. The van der Waals surface area contributed by atoms with Crippen LogP contribution < -0.4 is 5.32 Å². The minimum atomic E-state index is -5.72. The van der Waals surface area contributed by atoms with E-state index in [4.69, 9.17) is 0 Å². The molecule has 168 valence electrons. The first-order valence-electron chi connectivity index (χ1n) is 8.09. The van der Waals surface area contributed by atoms with Gasteiger partial charge < -0.3 is 5.32 Å². The zero-order valence-corrected chi connectivity index (χ0v) is 14.6. The number of hydrogen-bond donors (Lipinski definition) is 1. The molecule has 0 radical (unpaired) electrons. The largest absolute Gasteiger partial charge is 0.471 e. The highest BCUT2D eigenvalue weighted by atomic mass is 19.4. The lowest BCUT2D eigenvalue weighted by molar-refractivity contribution is -0.227. The summed E-state index contributed by atoms with van der Waals surface area (Å²) in [7, 11) is 0. The molecule has 0 aliphatic heterocycles. The summed E-state index contributed by atoms with van der Waals surface area (Å²) in [6, 6.07) is -0.131. The van der Waals surface area contributed by atoms with Gasteiger partial charge in [0.1, 0.15) is 0 Å². The predicted octanol–water partition coefficient (Wildman–Crippen LogP) is 6.27. The molecule has 0 spiro atoms. The molecule has 6 rings (SSSR count). The molecular weight excluding hydrogens is 455 g/mol. The van der Waals surface area contributed by atoms with Gasteiger partial charge >= 0.3 is 35.8 Å². The highest BCUT2D eigenvalue weighted by Gasteiger charge is 2.62. The highest BCUT2D eigenvalue weighted by Crippen LogP contribution is 2.55. The van der Waals surface area contributed by atoms with Gasteiger partial charge in [0, 0.05) is 16.7 Å². The SMILES string of the molecule is O=C(Nc1cc2ccc1C(F)(F)C(F)(F)c1ccc(cc1)C(F)(F)C2(F)F)C(F)(F)F. The fourth-order valence-electron chi connectivity index (χ4n) is 2.91. The summed E-state index contributed by atoms with van der Waals surface area (Å²) < 4.78 is 154. The van der Waals surface area contributed by atoms with E-state index in [2.05, 4.69) is 0 Å². The van der Waals surface area contributed by atoms with Gasteiger partial charge in [0.2, 0.25) is 0 Å².